The van der Waals surface area contributed by atoms with Gasteiger partial charge in [0.25, 0.3) is 0 Å². The molecule has 0 saturated carbocycles. The molecule has 0 spiro atoms. The fourth-order valence-electron chi connectivity index (χ4n) is 0.800. The van der Waals surface area contributed by atoms with Crippen LogP contribution < -0.4 is 0 Å². The number of hydrogen-bond donors (Lipinski definition) is 3. The van der Waals surface area contributed by atoms with Gasteiger partial charge in [0.2, 0.25) is 0 Å². The van der Waals surface area contributed by atoms with Gasteiger partial charge in [-0.1, -0.05) is 6.08 Å². The van der Waals surface area contributed by atoms with Gasteiger partial charge in [0, 0.05) is 5.57 Å². The van der Waals surface area contributed by atoms with Gasteiger partial charge in [-0.25, -0.2) is 9.59 Å². The quantitative estimate of drug-likeness (QED) is 0.464. The number of carboxylic acid groups (broad SMARTS) is 2. The van der Waals surface area contributed by atoms with Crippen LogP contribution in [0.2, 0.25) is 0 Å². The van der Waals surface area contributed by atoms with Crippen LogP contribution in [0.3, 0.4) is 0 Å². The third-order valence-electron chi connectivity index (χ3n) is 1.64. The van der Waals surface area contributed by atoms with Crippen LogP contribution in [0.15, 0.2) is 23.3 Å². The number of aliphatic carboxylic acids is 2. The van der Waals surface area contributed by atoms with Crippen LogP contribution in [0.25, 0.3) is 0 Å². The van der Waals surface area contributed by atoms with E-state index in [-0.39, 0.29) is 17.6 Å². The maximum Gasteiger partial charge on any atom is 0.335 e. The van der Waals surface area contributed by atoms with Gasteiger partial charge in [-0.15, -0.1) is 0 Å². The van der Waals surface area contributed by atoms with E-state index in [1.807, 2.05) is 0 Å². The molecule has 0 aromatic carbocycles. The molecule has 3 N–H and O–H groups in total. The molecule has 0 aromatic rings. The molecule has 0 saturated heterocycles. The zero-order chi connectivity index (χ0) is 12.0. The van der Waals surface area contributed by atoms with Crippen molar-refractivity contribution in [2.45, 2.75) is 26.4 Å². The monoisotopic (exact) mass is 214 g/mol. The SMILES string of the molecule is CC(=CC(=CCC(C)O)C(=O)O)C(=O)O. The highest BCUT2D eigenvalue weighted by Gasteiger charge is 2.08. The van der Waals surface area contributed by atoms with Crippen molar-refractivity contribution in [1.29, 1.82) is 0 Å². The van der Waals surface area contributed by atoms with E-state index >= 15 is 0 Å². The Labute approximate surface area is 87.4 Å². The van der Waals surface area contributed by atoms with Gasteiger partial charge in [0.15, 0.2) is 0 Å². The van der Waals surface area contributed by atoms with Crippen molar-refractivity contribution < 1.29 is 24.9 Å². The first kappa shape index (κ1) is 13.4. The summed E-state index contributed by atoms with van der Waals surface area (Å²) in [6.07, 6.45) is 1.87. The molecule has 0 aliphatic rings. The minimum Gasteiger partial charge on any atom is -0.478 e. The van der Waals surface area contributed by atoms with Crippen molar-refractivity contribution in [2.24, 2.45) is 0 Å². The largest absolute Gasteiger partial charge is 0.478 e. The van der Waals surface area contributed by atoms with Crippen molar-refractivity contribution in [2.75, 3.05) is 0 Å². The van der Waals surface area contributed by atoms with Crippen molar-refractivity contribution in [3.05, 3.63) is 23.3 Å². The molecule has 0 aliphatic carbocycles. The van der Waals surface area contributed by atoms with Gasteiger partial charge >= 0.3 is 11.9 Å². The average molecular weight is 214 g/mol. The van der Waals surface area contributed by atoms with E-state index in [2.05, 4.69) is 0 Å². The molecular weight excluding hydrogens is 200 g/mol. The van der Waals surface area contributed by atoms with E-state index in [0.29, 0.717) is 0 Å². The fourth-order valence-corrected chi connectivity index (χ4v) is 0.800. The Morgan fingerprint density at radius 3 is 2.13 bits per heavy atom. The van der Waals surface area contributed by atoms with E-state index in [0.717, 1.165) is 6.08 Å². The third-order valence-corrected chi connectivity index (χ3v) is 1.64. The summed E-state index contributed by atoms with van der Waals surface area (Å²) in [5.74, 6) is -2.38. The summed E-state index contributed by atoms with van der Waals surface area (Å²) >= 11 is 0. The maximum atomic E-state index is 10.7. The average Bonchev–Trinajstić information content (AvgIpc) is 2.10. The Bertz CT molecular complexity index is 312. The van der Waals surface area contributed by atoms with Gasteiger partial charge in [-0.2, -0.15) is 0 Å². The van der Waals surface area contributed by atoms with Crippen LogP contribution >= 0.6 is 0 Å². The highest BCUT2D eigenvalue weighted by atomic mass is 16.4. The molecule has 0 bridgehead atoms. The summed E-state index contributed by atoms with van der Waals surface area (Å²) in [5, 5.41) is 26.2. The first-order valence-corrected chi connectivity index (χ1v) is 4.37. The molecule has 5 heteroatoms. The Balaban J connectivity index is 4.84. The lowest BCUT2D eigenvalue weighted by Crippen LogP contribution is -2.04. The minimum absolute atomic E-state index is 0.0609. The van der Waals surface area contributed by atoms with Gasteiger partial charge in [0.1, 0.15) is 0 Å². The molecular formula is C10H14O5. The van der Waals surface area contributed by atoms with Crippen LogP contribution in [0.5, 0.6) is 0 Å². The van der Waals surface area contributed by atoms with Crippen LogP contribution in [0.4, 0.5) is 0 Å². The lowest BCUT2D eigenvalue weighted by Gasteiger charge is -2.00. The molecule has 15 heavy (non-hydrogen) atoms. The van der Waals surface area contributed by atoms with Crippen molar-refractivity contribution in [3.63, 3.8) is 0 Å². The number of aliphatic hydroxyl groups is 1. The number of rotatable bonds is 5. The van der Waals surface area contributed by atoms with Crippen LogP contribution in [0, 0.1) is 0 Å². The number of aliphatic hydroxyl groups excluding tert-OH is 1. The smallest absolute Gasteiger partial charge is 0.335 e. The fraction of sp³-hybridized carbons (Fsp3) is 0.400. The van der Waals surface area contributed by atoms with Gasteiger partial charge in [-0.05, 0) is 26.3 Å². The van der Waals surface area contributed by atoms with Gasteiger partial charge in [-0.3, -0.25) is 0 Å². The van der Waals surface area contributed by atoms with E-state index in [1.165, 1.54) is 19.9 Å². The first-order valence-electron chi connectivity index (χ1n) is 4.37. The van der Waals surface area contributed by atoms with E-state index in [9.17, 15) is 9.59 Å². The van der Waals surface area contributed by atoms with Crippen LogP contribution in [-0.4, -0.2) is 33.4 Å². The minimum atomic E-state index is -1.21. The molecule has 5 nitrogen and oxygen atoms in total. The topological polar surface area (TPSA) is 94.8 Å². The normalized spacial score (nSPS) is 14.9. The van der Waals surface area contributed by atoms with E-state index < -0.39 is 18.0 Å². The van der Waals surface area contributed by atoms with E-state index in [1.54, 1.807) is 0 Å². The predicted octanol–water partition coefficient (Wildman–Crippen LogP) is 0.799. The second kappa shape index (κ2) is 5.98. The Morgan fingerprint density at radius 1 is 1.27 bits per heavy atom. The standard InChI is InChI=1S/C10H14O5/c1-6(9(12)13)5-8(10(14)15)4-3-7(2)11/h4-5,7,11H,3H2,1-2H3,(H,12,13)(H,14,15). The Morgan fingerprint density at radius 2 is 1.80 bits per heavy atom. The van der Waals surface area contributed by atoms with Gasteiger partial charge in [0.05, 0.1) is 11.7 Å². The van der Waals surface area contributed by atoms with Crippen molar-refractivity contribution in [1.82, 2.24) is 0 Å². The molecule has 0 rings (SSSR count). The number of carbonyl (C=O) groups is 2. The summed E-state index contributed by atoms with van der Waals surface area (Å²) in [6, 6.07) is 0. The molecule has 0 radical (unpaired) electrons. The zero-order valence-electron chi connectivity index (χ0n) is 8.60. The third kappa shape index (κ3) is 5.64. The molecule has 1 atom stereocenters. The van der Waals surface area contributed by atoms with Crippen LogP contribution in [-0.2, 0) is 9.59 Å². The summed E-state index contributed by atoms with van der Waals surface area (Å²) in [6.45, 7) is 2.82. The summed E-state index contributed by atoms with van der Waals surface area (Å²) < 4.78 is 0. The molecule has 0 aliphatic heterocycles. The van der Waals surface area contributed by atoms with Crippen LogP contribution in [0.1, 0.15) is 20.3 Å². The second-order valence-corrected chi connectivity index (χ2v) is 3.18. The summed E-state index contributed by atoms with van der Waals surface area (Å²) in [4.78, 5) is 21.1. The van der Waals surface area contributed by atoms with Gasteiger partial charge < -0.3 is 15.3 Å². The summed E-state index contributed by atoms with van der Waals surface area (Å²) in [5.41, 5.74) is -0.190. The maximum absolute atomic E-state index is 10.7. The summed E-state index contributed by atoms with van der Waals surface area (Å²) in [7, 11) is 0. The van der Waals surface area contributed by atoms with Crippen molar-refractivity contribution in [3.8, 4) is 0 Å². The highest BCUT2D eigenvalue weighted by molar-refractivity contribution is 5.94. The molecule has 84 valence electrons. The lowest BCUT2D eigenvalue weighted by atomic mass is 10.1. The second-order valence-electron chi connectivity index (χ2n) is 3.18. The number of carboxylic acids is 2. The Hall–Kier alpha value is -1.62. The zero-order valence-corrected chi connectivity index (χ0v) is 8.60. The predicted molar refractivity (Wildman–Crippen MR) is 53.4 cm³/mol. The van der Waals surface area contributed by atoms with Crippen molar-refractivity contribution >= 4 is 11.9 Å². The highest BCUT2D eigenvalue weighted by Crippen LogP contribution is 2.06. The lowest BCUT2D eigenvalue weighted by molar-refractivity contribution is -0.132. The molecule has 0 heterocycles. The number of hydrogen-bond acceptors (Lipinski definition) is 3. The van der Waals surface area contributed by atoms with E-state index in [4.69, 9.17) is 15.3 Å². The first-order chi connectivity index (χ1) is 6.84. The molecule has 1 unspecified atom stereocenters. The molecule has 0 amide bonds. The molecule has 0 fully saturated rings. The Kier molecular flexibility index (Phi) is 5.33. The molecule has 0 aromatic heterocycles.